The molecule has 7 atom stereocenters. The third-order valence-electron chi connectivity index (χ3n) is 12.5. The fraction of sp³-hybridized carbons (Fsp3) is 0.795. The van der Waals surface area contributed by atoms with Crippen molar-refractivity contribution in [3.05, 3.63) is 29.3 Å². The van der Waals surface area contributed by atoms with Gasteiger partial charge in [-0.15, -0.1) is 0 Å². The lowest BCUT2D eigenvalue weighted by Gasteiger charge is -2.53. The predicted octanol–water partition coefficient (Wildman–Crippen LogP) is 8.03. The van der Waals surface area contributed by atoms with Crippen molar-refractivity contribution in [2.75, 3.05) is 13.1 Å². The second-order valence-corrected chi connectivity index (χ2v) is 15.4. The molecule has 3 aliphatic carbocycles. The molecule has 0 unspecified atom stereocenters. The van der Waals surface area contributed by atoms with Crippen LogP contribution in [-0.4, -0.2) is 52.2 Å². The number of hydrogen-bond donors (Lipinski definition) is 3. The number of hydrogen-bond acceptors (Lipinski definition) is 4. The van der Waals surface area contributed by atoms with E-state index in [0.29, 0.717) is 35.8 Å². The Morgan fingerprint density at radius 3 is 2.44 bits per heavy atom. The minimum atomic E-state index is -0.253. The number of amides is 2. The van der Waals surface area contributed by atoms with Gasteiger partial charge in [0.1, 0.15) is 11.8 Å². The van der Waals surface area contributed by atoms with Gasteiger partial charge in [0.15, 0.2) is 0 Å². The van der Waals surface area contributed by atoms with E-state index in [2.05, 4.69) is 25.2 Å². The molecule has 1 aromatic rings. The van der Waals surface area contributed by atoms with Crippen LogP contribution in [-0.2, 0) is 16.0 Å². The number of carbonyl (C=O) groups excluding carboxylic acids is 2. The fourth-order valence-electron chi connectivity index (χ4n) is 9.94. The maximum absolute atomic E-state index is 12.7. The molecule has 4 aliphatic rings. The van der Waals surface area contributed by atoms with Crippen LogP contribution in [0.1, 0.15) is 153 Å². The van der Waals surface area contributed by atoms with Gasteiger partial charge >= 0.3 is 0 Å². The molecular weight excluding hydrogens is 560 g/mol. The summed E-state index contributed by atoms with van der Waals surface area (Å²) in [5, 5.41) is 24.2. The number of nitrogens with zero attached hydrogens (tertiary/aromatic N) is 1. The maximum atomic E-state index is 12.7. The third kappa shape index (κ3) is 8.08. The number of likely N-dealkylation sites (tertiary alicyclic amines) is 1. The molecule has 2 saturated carbocycles. The molecule has 1 aromatic carbocycles. The molecule has 0 spiro atoms. The summed E-state index contributed by atoms with van der Waals surface area (Å²) in [6.45, 7) is 5.91. The van der Waals surface area contributed by atoms with Crippen molar-refractivity contribution in [3.63, 3.8) is 0 Å². The molecule has 1 saturated heterocycles. The summed E-state index contributed by atoms with van der Waals surface area (Å²) in [6, 6.07) is 5.86. The fourth-order valence-corrected chi connectivity index (χ4v) is 9.94. The van der Waals surface area contributed by atoms with Gasteiger partial charge in [-0.3, -0.25) is 9.59 Å². The number of aliphatic hydroxyl groups is 1. The van der Waals surface area contributed by atoms with Crippen molar-refractivity contribution in [2.45, 2.75) is 160 Å². The van der Waals surface area contributed by atoms with E-state index < -0.39 is 0 Å². The average Bonchev–Trinajstić information content (AvgIpc) is 3.64. The summed E-state index contributed by atoms with van der Waals surface area (Å²) >= 11 is 0. The van der Waals surface area contributed by atoms with Crippen LogP contribution in [0, 0.1) is 23.2 Å². The Morgan fingerprint density at radius 2 is 1.69 bits per heavy atom. The smallest absolute Gasteiger partial charge is 0.242 e. The van der Waals surface area contributed by atoms with E-state index in [9.17, 15) is 19.8 Å². The lowest BCUT2D eigenvalue weighted by atomic mass is 9.52. The normalized spacial score (nSPS) is 30.5. The third-order valence-corrected chi connectivity index (χ3v) is 12.5. The molecule has 5 rings (SSSR count). The first kappa shape index (κ1) is 34.3. The number of phenols is 1. The standard InChI is InChI=1S/C39H62N2O4/c1-3-4-17-36(44)41-25-14-16-34(41)38(45)40-24-13-11-9-7-5-6-8-10-12-15-28-26-29-27-30(42)18-19-31(29)32-22-23-39(2)33(37(28)32)20-21-35(39)43/h18-19,27-28,32-35,37,42-43H,3-17,20-26H2,1-2H3,(H,40,45)/t28-,32-,33+,34+,35+,37-,39+/m1/s1. The van der Waals surface area contributed by atoms with Gasteiger partial charge in [0.2, 0.25) is 11.8 Å². The summed E-state index contributed by atoms with van der Waals surface area (Å²) in [7, 11) is 0. The highest BCUT2D eigenvalue weighted by Crippen LogP contribution is 2.62. The van der Waals surface area contributed by atoms with Gasteiger partial charge in [-0.25, -0.2) is 0 Å². The van der Waals surface area contributed by atoms with Crippen molar-refractivity contribution in [1.82, 2.24) is 10.2 Å². The Bertz CT molecular complexity index is 1120. The zero-order valence-corrected chi connectivity index (χ0v) is 28.4. The number of carbonyl (C=O) groups is 2. The molecule has 3 N–H and O–H groups in total. The number of fused-ring (bicyclic) bond motifs is 5. The minimum Gasteiger partial charge on any atom is -0.508 e. The summed E-state index contributed by atoms with van der Waals surface area (Å²) in [5.41, 5.74) is 2.95. The molecule has 2 amide bonds. The van der Waals surface area contributed by atoms with Crippen LogP contribution in [0.2, 0.25) is 0 Å². The molecule has 252 valence electrons. The van der Waals surface area contributed by atoms with Crippen LogP contribution in [0.3, 0.4) is 0 Å². The van der Waals surface area contributed by atoms with Crippen molar-refractivity contribution < 1.29 is 19.8 Å². The number of aliphatic hydroxyl groups excluding tert-OH is 1. The topological polar surface area (TPSA) is 89.9 Å². The van der Waals surface area contributed by atoms with Gasteiger partial charge in [0, 0.05) is 19.5 Å². The maximum Gasteiger partial charge on any atom is 0.242 e. The molecule has 3 fully saturated rings. The van der Waals surface area contributed by atoms with Crippen LogP contribution in [0.5, 0.6) is 5.75 Å². The first-order valence-corrected chi connectivity index (χ1v) is 18.9. The summed E-state index contributed by atoms with van der Waals surface area (Å²) < 4.78 is 0. The van der Waals surface area contributed by atoms with Crippen molar-refractivity contribution in [1.29, 1.82) is 0 Å². The molecule has 1 aliphatic heterocycles. The SMILES string of the molecule is CCCCC(=O)N1CCC[C@H]1C(=O)NCCCCCCCCCCC[C@@H]1Cc2cc(O)ccc2[C@H]2CC[C@]3(C)[C@@H](O)CC[C@H]3[C@H]12. The van der Waals surface area contributed by atoms with Crippen molar-refractivity contribution >= 4 is 11.8 Å². The molecule has 6 nitrogen and oxygen atoms in total. The molecule has 1 heterocycles. The van der Waals surface area contributed by atoms with Gasteiger partial charge < -0.3 is 20.4 Å². The van der Waals surface area contributed by atoms with Crippen LogP contribution in [0.15, 0.2) is 18.2 Å². The number of rotatable bonds is 16. The van der Waals surface area contributed by atoms with E-state index in [4.69, 9.17) is 0 Å². The number of aromatic hydroxyl groups is 1. The van der Waals surface area contributed by atoms with Crippen molar-refractivity contribution in [3.8, 4) is 5.75 Å². The van der Waals surface area contributed by atoms with Crippen LogP contribution < -0.4 is 5.32 Å². The Labute approximate surface area is 273 Å². The highest BCUT2D eigenvalue weighted by molar-refractivity contribution is 5.88. The quantitative estimate of drug-likeness (QED) is 0.163. The lowest BCUT2D eigenvalue weighted by molar-refractivity contribution is -0.138. The van der Waals surface area contributed by atoms with E-state index in [-0.39, 0.29) is 29.4 Å². The molecule has 0 bridgehead atoms. The van der Waals surface area contributed by atoms with Gasteiger partial charge in [-0.1, -0.05) is 77.7 Å². The minimum absolute atomic E-state index is 0.0433. The van der Waals surface area contributed by atoms with E-state index in [1.807, 2.05) is 17.0 Å². The van der Waals surface area contributed by atoms with E-state index >= 15 is 0 Å². The number of unbranched alkanes of at least 4 members (excludes halogenated alkanes) is 9. The summed E-state index contributed by atoms with van der Waals surface area (Å²) in [4.78, 5) is 26.9. The zero-order valence-electron chi connectivity index (χ0n) is 28.4. The highest BCUT2D eigenvalue weighted by atomic mass is 16.3. The zero-order chi connectivity index (χ0) is 31.8. The summed E-state index contributed by atoms with van der Waals surface area (Å²) in [6.07, 6.45) is 22.0. The van der Waals surface area contributed by atoms with E-state index in [1.165, 1.54) is 75.3 Å². The van der Waals surface area contributed by atoms with Crippen LogP contribution >= 0.6 is 0 Å². The largest absolute Gasteiger partial charge is 0.508 e. The Balaban J connectivity index is 0.951. The second-order valence-electron chi connectivity index (χ2n) is 15.4. The second kappa shape index (κ2) is 16.2. The van der Waals surface area contributed by atoms with Gasteiger partial charge in [-0.05, 0) is 117 Å². The van der Waals surface area contributed by atoms with Crippen LogP contribution in [0.25, 0.3) is 0 Å². The molecule has 6 heteroatoms. The summed E-state index contributed by atoms with van der Waals surface area (Å²) in [5.74, 6) is 3.15. The number of phenolic OH excluding ortho intramolecular Hbond substituents is 1. The first-order chi connectivity index (χ1) is 21.8. The predicted molar refractivity (Wildman–Crippen MR) is 181 cm³/mol. The molecule has 0 aromatic heterocycles. The van der Waals surface area contributed by atoms with Gasteiger partial charge in [0.05, 0.1) is 6.10 Å². The monoisotopic (exact) mass is 622 g/mol. The van der Waals surface area contributed by atoms with E-state index in [0.717, 1.165) is 70.9 Å². The Morgan fingerprint density at radius 1 is 0.956 bits per heavy atom. The first-order valence-electron chi connectivity index (χ1n) is 18.9. The lowest BCUT2D eigenvalue weighted by Crippen LogP contribution is -2.47. The molecule has 0 radical (unpaired) electrons. The average molecular weight is 623 g/mol. The van der Waals surface area contributed by atoms with Gasteiger partial charge in [0.25, 0.3) is 0 Å². The molecule has 45 heavy (non-hydrogen) atoms. The Hall–Kier alpha value is -2.08. The number of benzene rings is 1. The highest BCUT2D eigenvalue weighted by Gasteiger charge is 2.56. The Kier molecular flexibility index (Phi) is 12.3. The molecular formula is C39H62N2O4. The number of nitrogens with one attached hydrogen (secondary N) is 1. The van der Waals surface area contributed by atoms with Crippen LogP contribution in [0.4, 0.5) is 0 Å². The van der Waals surface area contributed by atoms with Crippen molar-refractivity contribution in [2.24, 2.45) is 23.2 Å². The van der Waals surface area contributed by atoms with E-state index in [1.54, 1.807) is 0 Å². The van der Waals surface area contributed by atoms with Gasteiger partial charge in [-0.2, -0.15) is 0 Å².